The van der Waals surface area contributed by atoms with Gasteiger partial charge in [0.2, 0.25) is 0 Å². The molecule has 0 unspecified atom stereocenters. The summed E-state index contributed by atoms with van der Waals surface area (Å²) < 4.78 is 13.4. The van der Waals surface area contributed by atoms with E-state index in [-0.39, 0.29) is 11.7 Å². The number of hydrogen-bond donors (Lipinski definition) is 3. The molecule has 0 radical (unpaired) electrons. The highest BCUT2D eigenvalue weighted by Gasteiger charge is 2.19. The molecule has 7 heteroatoms. The zero-order valence-corrected chi connectivity index (χ0v) is 18.2. The zero-order valence-electron chi connectivity index (χ0n) is 18.2. The van der Waals surface area contributed by atoms with Crippen molar-refractivity contribution in [3.63, 3.8) is 0 Å². The number of amides is 1. The number of rotatable bonds is 6. The molecule has 168 valence electrons. The third-order valence-corrected chi connectivity index (χ3v) is 6.11. The van der Waals surface area contributed by atoms with Gasteiger partial charge in [0.15, 0.2) is 0 Å². The number of fused-ring (bicyclic) bond motifs is 1. The second-order valence-electron chi connectivity index (χ2n) is 8.41. The Morgan fingerprint density at radius 2 is 1.97 bits per heavy atom. The number of halogens is 1. The Morgan fingerprint density at radius 3 is 2.79 bits per heavy atom. The lowest BCUT2D eigenvalue weighted by molar-refractivity contribution is 0.102. The molecule has 3 N–H and O–H groups in total. The molecule has 4 aromatic rings. The van der Waals surface area contributed by atoms with E-state index in [1.165, 1.54) is 6.07 Å². The van der Waals surface area contributed by atoms with Crippen LogP contribution in [-0.2, 0) is 6.54 Å². The molecule has 1 saturated heterocycles. The molecule has 5 rings (SSSR count). The van der Waals surface area contributed by atoms with Crippen molar-refractivity contribution in [2.75, 3.05) is 23.3 Å². The molecule has 0 bridgehead atoms. The van der Waals surface area contributed by atoms with Gasteiger partial charge < -0.3 is 20.5 Å². The van der Waals surface area contributed by atoms with E-state index in [1.54, 1.807) is 36.7 Å². The molecule has 3 heterocycles. The van der Waals surface area contributed by atoms with Crippen LogP contribution in [0.3, 0.4) is 0 Å². The van der Waals surface area contributed by atoms with Crippen LogP contribution >= 0.6 is 0 Å². The standard InChI is InChI=1S/C26H26FN5O/c27-20-6-7-25-19(13-20)14-23(30-25)17-29-21-8-11-32(12-9-21)24-5-1-4-22(15-24)31-26(33)18-3-2-10-28-16-18/h1-7,10,13-16,21,29-30H,8-9,11-12,17H2,(H,31,33). The second kappa shape index (κ2) is 9.42. The Morgan fingerprint density at radius 1 is 1.09 bits per heavy atom. The predicted octanol–water partition coefficient (Wildman–Crippen LogP) is 4.71. The molecule has 2 aromatic carbocycles. The predicted molar refractivity (Wildman–Crippen MR) is 129 cm³/mol. The van der Waals surface area contributed by atoms with Crippen LogP contribution in [0.15, 0.2) is 73.1 Å². The van der Waals surface area contributed by atoms with Crippen LogP contribution in [0.25, 0.3) is 10.9 Å². The molecule has 1 aliphatic rings. The van der Waals surface area contributed by atoms with Gasteiger partial charge in [0, 0.05) is 66.0 Å². The van der Waals surface area contributed by atoms with E-state index in [0.717, 1.165) is 60.4 Å². The summed E-state index contributed by atoms with van der Waals surface area (Å²) in [5.74, 6) is -0.378. The Hall–Kier alpha value is -3.71. The summed E-state index contributed by atoms with van der Waals surface area (Å²) in [7, 11) is 0. The number of anilines is 2. The molecule has 0 saturated carbocycles. The summed E-state index contributed by atoms with van der Waals surface area (Å²) in [6.07, 6.45) is 5.27. The van der Waals surface area contributed by atoms with Crippen LogP contribution in [0.5, 0.6) is 0 Å². The lowest BCUT2D eigenvalue weighted by Gasteiger charge is -2.34. The molecular formula is C26H26FN5O. The van der Waals surface area contributed by atoms with Gasteiger partial charge in [-0.25, -0.2) is 4.39 Å². The third-order valence-electron chi connectivity index (χ3n) is 6.11. The summed E-state index contributed by atoms with van der Waals surface area (Å²) in [5.41, 5.74) is 4.44. The maximum atomic E-state index is 13.4. The number of nitrogens with zero attached hydrogens (tertiary/aromatic N) is 2. The summed E-state index contributed by atoms with van der Waals surface area (Å²) >= 11 is 0. The molecule has 1 fully saturated rings. The largest absolute Gasteiger partial charge is 0.371 e. The SMILES string of the molecule is O=C(Nc1cccc(N2CCC(NCc3cc4cc(F)ccc4[nH]3)CC2)c1)c1cccnc1. The highest BCUT2D eigenvalue weighted by atomic mass is 19.1. The van der Waals surface area contributed by atoms with Crippen molar-refractivity contribution in [2.24, 2.45) is 0 Å². The average molecular weight is 444 g/mol. The minimum absolute atomic E-state index is 0.164. The van der Waals surface area contributed by atoms with Crippen molar-refractivity contribution in [1.82, 2.24) is 15.3 Å². The van der Waals surface area contributed by atoms with Gasteiger partial charge in [-0.1, -0.05) is 6.07 Å². The fourth-order valence-electron chi connectivity index (χ4n) is 4.34. The Labute approximate surface area is 191 Å². The summed E-state index contributed by atoms with van der Waals surface area (Å²) in [6, 6.07) is 18.7. The lowest BCUT2D eigenvalue weighted by Crippen LogP contribution is -2.42. The third kappa shape index (κ3) is 5.04. The van der Waals surface area contributed by atoms with Crippen LogP contribution in [0.1, 0.15) is 28.9 Å². The smallest absolute Gasteiger partial charge is 0.257 e. The van der Waals surface area contributed by atoms with E-state index in [4.69, 9.17) is 0 Å². The van der Waals surface area contributed by atoms with Crippen LogP contribution in [0.2, 0.25) is 0 Å². The molecule has 1 aliphatic heterocycles. The number of carbonyl (C=O) groups is 1. The molecular weight excluding hydrogens is 417 g/mol. The normalized spacial score (nSPS) is 14.5. The second-order valence-corrected chi connectivity index (χ2v) is 8.41. The number of benzene rings is 2. The summed E-state index contributed by atoms with van der Waals surface area (Å²) in [4.78, 5) is 22.1. The minimum atomic E-state index is -0.214. The monoisotopic (exact) mass is 443 g/mol. The van der Waals surface area contributed by atoms with E-state index in [2.05, 4.69) is 31.6 Å². The van der Waals surface area contributed by atoms with E-state index in [9.17, 15) is 9.18 Å². The summed E-state index contributed by atoms with van der Waals surface area (Å²) in [6.45, 7) is 2.61. The minimum Gasteiger partial charge on any atom is -0.371 e. The van der Waals surface area contributed by atoms with Gasteiger partial charge in [-0.2, -0.15) is 0 Å². The van der Waals surface area contributed by atoms with E-state index in [0.29, 0.717) is 11.6 Å². The van der Waals surface area contributed by atoms with Crippen LogP contribution in [-0.4, -0.2) is 35.0 Å². The van der Waals surface area contributed by atoms with Crippen LogP contribution in [0, 0.1) is 5.82 Å². The van der Waals surface area contributed by atoms with E-state index < -0.39 is 0 Å². The molecule has 0 atom stereocenters. The van der Waals surface area contributed by atoms with Crippen molar-refractivity contribution < 1.29 is 9.18 Å². The average Bonchev–Trinajstić information content (AvgIpc) is 3.26. The number of hydrogen-bond acceptors (Lipinski definition) is 4. The number of piperidine rings is 1. The van der Waals surface area contributed by atoms with Crippen molar-refractivity contribution in [3.8, 4) is 0 Å². The molecule has 0 aliphatic carbocycles. The molecule has 1 amide bonds. The highest BCUT2D eigenvalue weighted by Crippen LogP contribution is 2.24. The Balaban J connectivity index is 1.14. The van der Waals surface area contributed by atoms with E-state index in [1.807, 2.05) is 24.3 Å². The van der Waals surface area contributed by atoms with Gasteiger partial charge in [-0.15, -0.1) is 0 Å². The quantitative estimate of drug-likeness (QED) is 0.403. The van der Waals surface area contributed by atoms with Gasteiger partial charge >= 0.3 is 0 Å². The molecule has 2 aromatic heterocycles. The number of nitrogens with one attached hydrogen (secondary N) is 3. The first-order valence-electron chi connectivity index (χ1n) is 11.2. The first-order chi connectivity index (χ1) is 16.1. The van der Waals surface area contributed by atoms with Gasteiger partial charge in [-0.3, -0.25) is 9.78 Å². The van der Waals surface area contributed by atoms with Crippen molar-refractivity contribution >= 4 is 28.2 Å². The van der Waals surface area contributed by atoms with Crippen molar-refractivity contribution in [2.45, 2.75) is 25.4 Å². The molecule has 33 heavy (non-hydrogen) atoms. The van der Waals surface area contributed by atoms with E-state index >= 15 is 0 Å². The molecule has 6 nitrogen and oxygen atoms in total. The van der Waals surface area contributed by atoms with Gasteiger partial charge in [0.25, 0.3) is 5.91 Å². The first-order valence-corrected chi connectivity index (χ1v) is 11.2. The van der Waals surface area contributed by atoms with Crippen molar-refractivity contribution in [3.05, 3.63) is 90.1 Å². The maximum absolute atomic E-state index is 13.4. The van der Waals surface area contributed by atoms with Crippen LogP contribution < -0.4 is 15.5 Å². The zero-order chi connectivity index (χ0) is 22.6. The molecule has 0 spiro atoms. The highest BCUT2D eigenvalue weighted by molar-refractivity contribution is 6.04. The van der Waals surface area contributed by atoms with Gasteiger partial charge in [0.05, 0.1) is 5.56 Å². The number of aromatic nitrogens is 2. The summed E-state index contributed by atoms with van der Waals surface area (Å²) in [5, 5.41) is 7.48. The van der Waals surface area contributed by atoms with Gasteiger partial charge in [-0.05, 0) is 67.4 Å². The maximum Gasteiger partial charge on any atom is 0.257 e. The van der Waals surface area contributed by atoms with Crippen LogP contribution in [0.4, 0.5) is 15.8 Å². The Kier molecular flexibility index (Phi) is 6.04. The number of aromatic amines is 1. The van der Waals surface area contributed by atoms with Gasteiger partial charge in [0.1, 0.15) is 5.82 Å². The number of H-pyrrole nitrogens is 1. The number of pyridine rings is 1. The Bertz CT molecular complexity index is 1250. The van der Waals surface area contributed by atoms with Crippen molar-refractivity contribution in [1.29, 1.82) is 0 Å². The number of carbonyl (C=O) groups excluding carboxylic acids is 1. The topological polar surface area (TPSA) is 73.1 Å². The fraction of sp³-hybridized carbons (Fsp3) is 0.231. The lowest BCUT2D eigenvalue weighted by atomic mass is 10.0. The first kappa shape index (κ1) is 21.2. The fourth-order valence-corrected chi connectivity index (χ4v) is 4.34.